The van der Waals surface area contributed by atoms with Crippen LogP contribution in [-0.4, -0.2) is 14.2 Å². The third-order valence-electron chi connectivity index (χ3n) is 3.63. The monoisotopic (exact) mass is 290 g/mol. The lowest BCUT2D eigenvalue weighted by Gasteiger charge is -2.04. The molecule has 2 heteroatoms. The van der Waals surface area contributed by atoms with E-state index in [9.17, 15) is 0 Å². The van der Waals surface area contributed by atoms with Crippen LogP contribution in [0.25, 0.3) is 22.9 Å². The highest BCUT2D eigenvalue weighted by Crippen LogP contribution is 2.23. The highest BCUT2D eigenvalue weighted by Gasteiger charge is 1.97. The van der Waals surface area contributed by atoms with E-state index in [0.717, 1.165) is 17.1 Å². The molecule has 0 spiro atoms. The molecule has 0 bridgehead atoms. The van der Waals surface area contributed by atoms with Crippen molar-refractivity contribution in [2.75, 3.05) is 14.2 Å². The fourth-order valence-corrected chi connectivity index (χ4v) is 2.41. The molecule has 3 aromatic carbocycles. The summed E-state index contributed by atoms with van der Waals surface area (Å²) in [5.41, 5.74) is 2.29. The topological polar surface area (TPSA) is 18.5 Å². The van der Waals surface area contributed by atoms with Crippen molar-refractivity contribution in [3.8, 4) is 11.5 Å². The third-order valence-corrected chi connectivity index (χ3v) is 3.63. The Morgan fingerprint density at radius 3 is 2.05 bits per heavy atom. The molecule has 0 aliphatic rings. The predicted octanol–water partition coefficient (Wildman–Crippen LogP) is 5.03. The average Bonchev–Trinajstić information content (AvgIpc) is 2.59. The van der Waals surface area contributed by atoms with Gasteiger partial charge in [-0.1, -0.05) is 42.5 Å². The quantitative estimate of drug-likeness (QED) is 0.628. The van der Waals surface area contributed by atoms with Gasteiger partial charge in [0.2, 0.25) is 0 Å². The first-order valence-corrected chi connectivity index (χ1v) is 7.18. The summed E-state index contributed by atoms with van der Waals surface area (Å²) in [6.07, 6.45) is 4.20. The van der Waals surface area contributed by atoms with E-state index in [4.69, 9.17) is 9.47 Å². The molecule has 0 atom stereocenters. The molecule has 0 heterocycles. The van der Waals surface area contributed by atoms with Gasteiger partial charge in [0.05, 0.1) is 14.2 Å². The van der Waals surface area contributed by atoms with Gasteiger partial charge in [0.25, 0.3) is 0 Å². The number of hydrogen-bond acceptors (Lipinski definition) is 2. The zero-order chi connectivity index (χ0) is 15.4. The van der Waals surface area contributed by atoms with Gasteiger partial charge in [-0.25, -0.2) is 0 Å². The lowest BCUT2D eigenvalue weighted by atomic mass is 10.1. The van der Waals surface area contributed by atoms with Gasteiger partial charge in [0.15, 0.2) is 0 Å². The second-order valence-corrected chi connectivity index (χ2v) is 5.08. The second-order valence-electron chi connectivity index (χ2n) is 5.08. The number of benzene rings is 3. The second kappa shape index (κ2) is 6.35. The van der Waals surface area contributed by atoms with Crippen LogP contribution in [0.15, 0.2) is 60.7 Å². The van der Waals surface area contributed by atoms with Crippen molar-refractivity contribution in [1.82, 2.24) is 0 Å². The molecule has 0 unspecified atom stereocenters. The number of ether oxygens (including phenoxy) is 2. The van der Waals surface area contributed by atoms with Crippen molar-refractivity contribution in [3.05, 3.63) is 71.8 Å². The molecule has 2 nitrogen and oxygen atoms in total. The summed E-state index contributed by atoms with van der Waals surface area (Å²) in [5, 5.41) is 2.38. The molecule has 110 valence electrons. The smallest absolute Gasteiger partial charge is 0.119 e. The molecule has 0 aliphatic heterocycles. The van der Waals surface area contributed by atoms with Crippen LogP contribution in [0.1, 0.15) is 11.1 Å². The van der Waals surface area contributed by atoms with Crippen molar-refractivity contribution in [3.63, 3.8) is 0 Å². The van der Waals surface area contributed by atoms with Gasteiger partial charge in [0, 0.05) is 0 Å². The average molecular weight is 290 g/mol. The summed E-state index contributed by atoms with van der Waals surface area (Å²) in [6.45, 7) is 0. The van der Waals surface area contributed by atoms with Gasteiger partial charge in [-0.05, 0) is 52.2 Å². The Labute approximate surface area is 130 Å². The van der Waals surface area contributed by atoms with Gasteiger partial charge >= 0.3 is 0 Å². The minimum Gasteiger partial charge on any atom is -0.497 e. The molecule has 0 aromatic heterocycles. The van der Waals surface area contributed by atoms with Crippen molar-refractivity contribution >= 4 is 22.9 Å². The van der Waals surface area contributed by atoms with Crippen LogP contribution in [0.3, 0.4) is 0 Å². The van der Waals surface area contributed by atoms with Crippen LogP contribution in [0.2, 0.25) is 0 Å². The molecule has 0 amide bonds. The van der Waals surface area contributed by atoms with Crippen molar-refractivity contribution in [2.24, 2.45) is 0 Å². The SMILES string of the molecule is COc1cccc(/C=C/c2ccc3cc(OC)ccc3c2)c1. The standard InChI is InChI=1S/C20H18O2/c1-21-19-5-3-4-15(13-19)6-7-16-8-9-18-14-20(22-2)11-10-17(18)12-16/h3-14H,1-2H3/b7-6+. The lowest BCUT2D eigenvalue weighted by Crippen LogP contribution is -1.83. The van der Waals surface area contributed by atoms with Gasteiger partial charge in [-0.2, -0.15) is 0 Å². The molecule has 3 rings (SSSR count). The molecule has 3 aromatic rings. The summed E-state index contributed by atoms with van der Waals surface area (Å²) in [4.78, 5) is 0. The highest BCUT2D eigenvalue weighted by molar-refractivity contribution is 5.87. The number of fused-ring (bicyclic) bond motifs is 1. The minimum atomic E-state index is 0.868. The number of methoxy groups -OCH3 is 2. The lowest BCUT2D eigenvalue weighted by molar-refractivity contribution is 0.414. The van der Waals surface area contributed by atoms with Crippen molar-refractivity contribution in [2.45, 2.75) is 0 Å². The molecule has 22 heavy (non-hydrogen) atoms. The Morgan fingerprint density at radius 2 is 1.27 bits per heavy atom. The zero-order valence-electron chi connectivity index (χ0n) is 12.7. The number of rotatable bonds is 4. The van der Waals surface area contributed by atoms with E-state index in [-0.39, 0.29) is 0 Å². The van der Waals surface area contributed by atoms with E-state index in [0.29, 0.717) is 0 Å². The van der Waals surface area contributed by atoms with Crippen LogP contribution >= 0.6 is 0 Å². The molecular formula is C20H18O2. The van der Waals surface area contributed by atoms with Crippen LogP contribution < -0.4 is 9.47 Å². The van der Waals surface area contributed by atoms with Crippen LogP contribution in [0.5, 0.6) is 11.5 Å². The Bertz CT molecular complexity index is 819. The maximum atomic E-state index is 5.25. The Morgan fingerprint density at radius 1 is 0.636 bits per heavy atom. The Balaban J connectivity index is 1.88. The largest absolute Gasteiger partial charge is 0.497 e. The number of hydrogen-bond donors (Lipinski definition) is 0. The molecule has 0 fully saturated rings. The van der Waals surface area contributed by atoms with Crippen LogP contribution in [0, 0.1) is 0 Å². The summed E-state index contributed by atoms with van der Waals surface area (Å²) < 4.78 is 10.5. The normalized spacial score (nSPS) is 11.0. The van der Waals surface area contributed by atoms with Crippen molar-refractivity contribution < 1.29 is 9.47 Å². The van der Waals surface area contributed by atoms with E-state index < -0.39 is 0 Å². The van der Waals surface area contributed by atoms with Crippen LogP contribution in [-0.2, 0) is 0 Å². The summed E-state index contributed by atoms with van der Waals surface area (Å²) in [5.74, 6) is 1.75. The van der Waals surface area contributed by atoms with E-state index >= 15 is 0 Å². The fourth-order valence-electron chi connectivity index (χ4n) is 2.41. The van der Waals surface area contributed by atoms with E-state index in [1.807, 2.05) is 30.3 Å². The Hall–Kier alpha value is -2.74. The van der Waals surface area contributed by atoms with Gasteiger partial charge in [0.1, 0.15) is 11.5 Å². The zero-order valence-corrected chi connectivity index (χ0v) is 12.7. The van der Waals surface area contributed by atoms with Gasteiger partial charge < -0.3 is 9.47 Å². The molecular weight excluding hydrogens is 272 g/mol. The fraction of sp³-hybridized carbons (Fsp3) is 0.100. The van der Waals surface area contributed by atoms with Crippen LogP contribution in [0.4, 0.5) is 0 Å². The summed E-state index contributed by atoms with van der Waals surface area (Å²) >= 11 is 0. The minimum absolute atomic E-state index is 0.868. The molecule has 0 aliphatic carbocycles. The molecule has 0 saturated heterocycles. The first kappa shape index (κ1) is 14.2. The molecule has 0 saturated carbocycles. The van der Waals surface area contributed by atoms with E-state index in [2.05, 4.69) is 42.5 Å². The van der Waals surface area contributed by atoms with Gasteiger partial charge in [-0.15, -0.1) is 0 Å². The first-order valence-electron chi connectivity index (χ1n) is 7.18. The summed E-state index contributed by atoms with van der Waals surface area (Å²) in [7, 11) is 3.37. The molecule has 0 N–H and O–H groups in total. The van der Waals surface area contributed by atoms with E-state index in [1.54, 1.807) is 14.2 Å². The predicted molar refractivity (Wildman–Crippen MR) is 92.4 cm³/mol. The first-order chi connectivity index (χ1) is 10.8. The third kappa shape index (κ3) is 3.12. The maximum absolute atomic E-state index is 5.25. The maximum Gasteiger partial charge on any atom is 0.119 e. The van der Waals surface area contributed by atoms with E-state index in [1.165, 1.54) is 16.3 Å². The summed E-state index contributed by atoms with van der Waals surface area (Å²) in [6, 6.07) is 20.5. The van der Waals surface area contributed by atoms with Gasteiger partial charge in [-0.3, -0.25) is 0 Å². The highest BCUT2D eigenvalue weighted by atomic mass is 16.5. The van der Waals surface area contributed by atoms with Crippen molar-refractivity contribution in [1.29, 1.82) is 0 Å². The molecule has 0 radical (unpaired) electrons. The Kier molecular flexibility index (Phi) is 4.10.